The van der Waals surface area contributed by atoms with Gasteiger partial charge in [0.05, 0.1) is 28.2 Å². The molecule has 2 nitrogen and oxygen atoms in total. The Hall–Kier alpha value is -0.960. The first-order valence-corrected chi connectivity index (χ1v) is 5.94. The zero-order chi connectivity index (χ0) is 12.5. The van der Waals surface area contributed by atoms with E-state index in [9.17, 15) is 5.11 Å². The third-order valence-electron chi connectivity index (χ3n) is 2.71. The molecule has 0 saturated heterocycles. The van der Waals surface area contributed by atoms with Gasteiger partial charge in [-0.25, -0.2) is 0 Å². The lowest BCUT2D eigenvalue weighted by Gasteiger charge is -2.22. The van der Waals surface area contributed by atoms with E-state index in [1.807, 2.05) is 12.1 Å². The van der Waals surface area contributed by atoms with E-state index in [0.29, 0.717) is 22.0 Å². The molecule has 0 bridgehead atoms. The number of furan rings is 1. The van der Waals surface area contributed by atoms with Crippen molar-refractivity contribution in [3.63, 3.8) is 0 Å². The van der Waals surface area contributed by atoms with E-state index in [1.165, 1.54) is 12.5 Å². The molecule has 90 valence electrons. The van der Waals surface area contributed by atoms with Crippen LogP contribution in [0.25, 0.3) is 0 Å². The largest absolute Gasteiger partial charge is 0.472 e. The van der Waals surface area contributed by atoms with Crippen LogP contribution in [0, 0.1) is 0 Å². The van der Waals surface area contributed by atoms with Crippen molar-refractivity contribution in [2.24, 2.45) is 0 Å². The molecule has 1 N–H and O–H groups in total. The monoisotopic (exact) mass is 270 g/mol. The lowest BCUT2D eigenvalue weighted by atomic mass is 9.91. The van der Waals surface area contributed by atoms with Gasteiger partial charge in [-0.2, -0.15) is 0 Å². The van der Waals surface area contributed by atoms with Crippen molar-refractivity contribution in [3.8, 4) is 0 Å². The summed E-state index contributed by atoms with van der Waals surface area (Å²) in [5, 5.41) is 11.4. The van der Waals surface area contributed by atoms with Crippen LogP contribution < -0.4 is 0 Å². The first kappa shape index (κ1) is 12.5. The molecular formula is C13H12Cl2O2. The standard InChI is InChI=1S/C13H12Cl2O2/c1-13(16,10-5-6-17-8-10)7-9-3-2-4-11(14)12(9)15/h2-6,8,16H,7H2,1H3. The van der Waals surface area contributed by atoms with Crippen molar-refractivity contribution in [1.29, 1.82) is 0 Å². The molecule has 0 aliphatic rings. The normalized spacial score (nSPS) is 14.6. The Balaban J connectivity index is 2.29. The van der Waals surface area contributed by atoms with Gasteiger partial charge in [0.25, 0.3) is 0 Å². The second-order valence-electron chi connectivity index (χ2n) is 4.18. The van der Waals surface area contributed by atoms with Crippen molar-refractivity contribution in [2.75, 3.05) is 0 Å². The molecule has 2 aromatic rings. The molecular weight excluding hydrogens is 259 g/mol. The van der Waals surface area contributed by atoms with E-state index >= 15 is 0 Å². The van der Waals surface area contributed by atoms with Gasteiger partial charge in [-0.05, 0) is 24.6 Å². The summed E-state index contributed by atoms with van der Waals surface area (Å²) in [5.41, 5.74) is 0.500. The number of halogens is 2. The molecule has 0 amide bonds. The Morgan fingerprint density at radius 3 is 2.71 bits per heavy atom. The van der Waals surface area contributed by atoms with Crippen LogP contribution in [0.1, 0.15) is 18.1 Å². The van der Waals surface area contributed by atoms with Gasteiger partial charge in [-0.3, -0.25) is 0 Å². The number of hydrogen-bond acceptors (Lipinski definition) is 2. The lowest BCUT2D eigenvalue weighted by molar-refractivity contribution is 0.0570. The van der Waals surface area contributed by atoms with E-state index in [1.54, 1.807) is 19.1 Å². The summed E-state index contributed by atoms with van der Waals surface area (Å²) in [5.74, 6) is 0. The predicted molar refractivity (Wildman–Crippen MR) is 68.4 cm³/mol. The molecule has 0 saturated carbocycles. The number of aliphatic hydroxyl groups is 1. The molecule has 17 heavy (non-hydrogen) atoms. The summed E-state index contributed by atoms with van der Waals surface area (Å²) in [7, 11) is 0. The van der Waals surface area contributed by atoms with Crippen molar-refractivity contribution < 1.29 is 9.52 Å². The molecule has 1 atom stereocenters. The van der Waals surface area contributed by atoms with Crippen molar-refractivity contribution in [1.82, 2.24) is 0 Å². The van der Waals surface area contributed by atoms with Gasteiger partial charge in [0.15, 0.2) is 0 Å². The van der Waals surface area contributed by atoms with Crippen LogP contribution in [0.4, 0.5) is 0 Å². The van der Waals surface area contributed by atoms with Crippen LogP contribution >= 0.6 is 23.2 Å². The summed E-state index contributed by atoms with van der Waals surface area (Å²) in [6.07, 6.45) is 3.44. The fraction of sp³-hybridized carbons (Fsp3) is 0.231. The second kappa shape index (κ2) is 4.73. The molecule has 0 radical (unpaired) electrons. The highest BCUT2D eigenvalue weighted by molar-refractivity contribution is 6.42. The van der Waals surface area contributed by atoms with E-state index in [-0.39, 0.29) is 0 Å². The quantitative estimate of drug-likeness (QED) is 0.914. The smallest absolute Gasteiger partial charge is 0.0963 e. The third kappa shape index (κ3) is 2.65. The van der Waals surface area contributed by atoms with Crippen molar-refractivity contribution in [2.45, 2.75) is 18.9 Å². The molecule has 0 fully saturated rings. The molecule has 1 heterocycles. The summed E-state index contributed by atoms with van der Waals surface area (Å²) in [4.78, 5) is 0. The maximum atomic E-state index is 10.4. The van der Waals surface area contributed by atoms with Crippen LogP contribution in [0.2, 0.25) is 10.0 Å². The fourth-order valence-corrected chi connectivity index (χ4v) is 2.12. The van der Waals surface area contributed by atoms with Crippen LogP contribution in [0.5, 0.6) is 0 Å². The van der Waals surface area contributed by atoms with Gasteiger partial charge in [-0.15, -0.1) is 0 Å². The van der Waals surface area contributed by atoms with Gasteiger partial charge >= 0.3 is 0 Å². The molecule has 4 heteroatoms. The first-order chi connectivity index (χ1) is 8.00. The van der Waals surface area contributed by atoms with E-state index in [4.69, 9.17) is 27.6 Å². The molecule has 0 spiro atoms. The average Bonchev–Trinajstić information content (AvgIpc) is 2.78. The van der Waals surface area contributed by atoms with Crippen LogP contribution in [-0.2, 0) is 12.0 Å². The predicted octanol–water partition coefficient (Wildman–Crippen LogP) is 4.04. The van der Waals surface area contributed by atoms with Gasteiger partial charge in [0.2, 0.25) is 0 Å². The third-order valence-corrected chi connectivity index (χ3v) is 3.57. The van der Waals surface area contributed by atoms with Crippen molar-refractivity contribution in [3.05, 3.63) is 58.0 Å². The minimum absolute atomic E-state index is 0.381. The van der Waals surface area contributed by atoms with Crippen LogP contribution in [0.3, 0.4) is 0 Å². The van der Waals surface area contributed by atoms with E-state index in [2.05, 4.69) is 0 Å². The van der Waals surface area contributed by atoms with Crippen LogP contribution in [0.15, 0.2) is 41.2 Å². The summed E-state index contributed by atoms with van der Waals surface area (Å²) < 4.78 is 4.97. The second-order valence-corrected chi connectivity index (χ2v) is 4.96. The molecule has 1 aromatic heterocycles. The van der Waals surface area contributed by atoms with Crippen molar-refractivity contribution >= 4 is 23.2 Å². The van der Waals surface area contributed by atoms with Gasteiger partial charge in [0, 0.05) is 12.0 Å². The zero-order valence-electron chi connectivity index (χ0n) is 9.28. The molecule has 0 aliphatic carbocycles. The average molecular weight is 271 g/mol. The fourth-order valence-electron chi connectivity index (χ4n) is 1.73. The molecule has 1 unspecified atom stereocenters. The Kier molecular flexibility index (Phi) is 3.48. The number of rotatable bonds is 3. The Labute approximate surface area is 110 Å². The Morgan fingerprint density at radius 2 is 2.06 bits per heavy atom. The topological polar surface area (TPSA) is 33.4 Å². The number of benzene rings is 1. The lowest BCUT2D eigenvalue weighted by Crippen LogP contribution is -2.23. The highest BCUT2D eigenvalue weighted by atomic mass is 35.5. The molecule has 0 aliphatic heterocycles. The summed E-state index contributed by atoms with van der Waals surface area (Å²) in [6.45, 7) is 1.72. The molecule has 1 aromatic carbocycles. The minimum Gasteiger partial charge on any atom is -0.472 e. The highest BCUT2D eigenvalue weighted by Crippen LogP contribution is 2.32. The van der Waals surface area contributed by atoms with Crippen LogP contribution in [-0.4, -0.2) is 5.11 Å². The number of hydrogen-bond donors (Lipinski definition) is 1. The maximum Gasteiger partial charge on any atom is 0.0963 e. The van der Waals surface area contributed by atoms with E-state index < -0.39 is 5.60 Å². The van der Waals surface area contributed by atoms with Gasteiger partial charge in [0.1, 0.15) is 0 Å². The highest BCUT2D eigenvalue weighted by Gasteiger charge is 2.26. The first-order valence-electron chi connectivity index (χ1n) is 5.18. The maximum absolute atomic E-state index is 10.4. The van der Waals surface area contributed by atoms with E-state index in [0.717, 1.165) is 5.56 Å². The SMILES string of the molecule is CC(O)(Cc1cccc(Cl)c1Cl)c1ccoc1. The summed E-state index contributed by atoms with van der Waals surface area (Å²) >= 11 is 12.0. The Bertz CT molecular complexity index is 504. The summed E-state index contributed by atoms with van der Waals surface area (Å²) in [6, 6.07) is 7.12. The Morgan fingerprint density at radius 1 is 1.29 bits per heavy atom. The minimum atomic E-state index is -1.03. The van der Waals surface area contributed by atoms with Gasteiger partial charge < -0.3 is 9.52 Å². The van der Waals surface area contributed by atoms with Gasteiger partial charge in [-0.1, -0.05) is 35.3 Å². The molecule has 2 rings (SSSR count). The zero-order valence-corrected chi connectivity index (χ0v) is 10.8.